The number of rotatable bonds is 8. The van der Waals surface area contributed by atoms with Crippen molar-refractivity contribution in [3.8, 4) is 0 Å². The summed E-state index contributed by atoms with van der Waals surface area (Å²) in [5.74, 6) is 1.27. The van der Waals surface area contributed by atoms with Gasteiger partial charge < -0.3 is 10.1 Å². The highest BCUT2D eigenvalue weighted by Crippen LogP contribution is 2.11. The molecular weight excluding hydrogens is 232 g/mol. The van der Waals surface area contributed by atoms with Crippen molar-refractivity contribution in [3.05, 3.63) is 16.1 Å². The van der Waals surface area contributed by atoms with E-state index >= 15 is 0 Å². The Morgan fingerprint density at radius 2 is 2.06 bits per heavy atom. The Hall–Kier alpha value is -0.450. The molecule has 0 spiro atoms. The first kappa shape index (κ1) is 14.6. The van der Waals surface area contributed by atoms with E-state index in [1.807, 2.05) is 0 Å². The van der Waals surface area contributed by atoms with Crippen LogP contribution in [0.25, 0.3) is 0 Å². The Balaban J connectivity index is 2.23. The second kappa shape index (κ2) is 7.80. The van der Waals surface area contributed by atoms with Gasteiger partial charge in [0.25, 0.3) is 0 Å². The van der Waals surface area contributed by atoms with Gasteiger partial charge in [-0.25, -0.2) is 4.98 Å². The molecule has 0 saturated heterocycles. The molecule has 0 aliphatic rings. The van der Waals surface area contributed by atoms with Crippen molar-refractivity contribution in [2.75, 3.05) is 13.2 Å². The van der Waals surface area contributed by atoms with E-state index in [0.717, 1.165) is 30.4 Å². The predicted octanol–water partition coefficient (Wildman–Crippen LogP) is 3.06. The normalized spacial score (nSPS) is 11.6. The lowest BCUT2D eigenvalue weighted by Gasteiger charge is -2.05. The molecule has 1 heterocycles. The van der Waals surface area contributed by atoms with Crippen molar-refractivity contribution in [2.45, 2.75) is 40.8 Å². The topological polar surface area (TPSA) is 34.2 Å². The summed E-state index contributed by atoms with van der Waals surface area (Å²) in [6, 6.07) is 0. The standard InChI is InChI=1S/C13H24N2OS/c1-10(2)5-14-6-13-15-12(9-17-13)8-16-7-11(3)4/h9-11,14H,5-8H2,1-4H3. The first-order valence-corrected chi connectivity index (χ1v) is 7.17. The molecule has 0 bridgehead atoms. The quantitative estimate of drug-likeness (QED) is 0.776. The third kappa shape index (κ3) is 6.76. The summed E-state index contributed by atoms with van der Waals surface area (Å²) in [5, 5.41) is 6.63. The van der Waals surface area contributed by atoms with Gasteiger partial charge in [0, 0.05) is 18.5 Å². The molecule has 0 aromatic carbocycles. The Morgan fingerprint density at radius 3 is 2.71 bits per heavy atom. The van der Waals surface area contributed by atoms with Crippen LogP contribution in [0.4, 0.5) is 0 Å². The van der Waals surface area contributed by atoms with Gasteiger partial charge in [0.2, 0.25) is 0 Å². The van der Waals surface area contributed by atoms with Gasteiger partial charge in [0.05, 0.1) is 12.3 Å². The van der Waals surface area contributed by atoms with E-state index in [1.165, 1.54) is 0 Å². The maximum atomic E-state index is 5.56. The van der Waals surface area contributed by atoms with Crippen LogP contribution in [0.3, 0.4) is 0 Å². The van der Waals surface area contributed by atoms with Crippen LogP contribution < -0.4 is 5.32 Å². The number of ether oxygens (including phenoxy) is 1. The van der Waals surface area contributed by atoms with Crippen molar-refractivity contribution in [1.29, 1.82) is 0 Å². The summed E-state index contributed by atoms with van der Waals surface area (Å²) in [7, 11) is 0. The molecule has 0 aliphatic carbocycles. The number of nitrogens with zero attached hydrogens (tertiary/aromatic N) is 1. The maximum Gasteiger partial charge on any atom is 0.107 e. The molecule has 0 unspecified atom stereocenters. The van der Waals surface area contributed by atoms with Crippen LogP contribution in [0.5, 0.6) is 0 Å². The lowest BCUT2D eigenvalue weighted by atomic mass is 10.2. The molecule has 0 atom stereocenters. The third-order valence-corrected chi connectivity index (χ3v) is 3.03. The fraction of sp³-hybridized carbons (Fsp3) is 0.769. The summed E-state index contributed by atoms with van der Waals surface area (Å²) in [6.45, 7) is 12.1. The zero-order valence-electron chi connectivity index (χ0n) is 11.3. The fourth-order valence-corrected chi connectivity index (χ4v) is 2.11. The molecule has 1 rings (SSSR count). The van der Waals surface area contributed by atoms with Crippen LogP contribution >= 0.6 is 11.3 Å². The van der Waals surface area contributed by atoms with Gasteiger partial charge in [-0.15, -0.1) is 11.3 Å². The van der Waals surface area contributed by atoms with E-state index in [2.05, 4.69) is 43.4 Å². The summed E-state index contributed by atoms with van der Waals surface area (Å²) >= 11 is 1.71. The lowest BCUT2D eigenvalue weighted by molar-refractivity contribution is 0.0950. The summed E-state index contributed by atoms with van der Waals surface area (Å²) in [4.78, 5) is 4.53. The second-order valence-corrected chi connectivity index (χ2v) is 6.11. The van der Waals surface area contributed by atoms with Crippen molar-refractivity contribution in [2.24, 2.45) is 11.8 Å². The maximum absolute atomic E-state index is 5.56. The van der Waals surface area contributed by atoms with Crippen LogP contribution in [0, 0.1) is 11.8 Å². The van der Waals surface area contributed by atoms with Crippen LogP contribution in [0.15, 0.2) is 5.38 Å². The number of thiazole rings is 1. The molecule has 1 aromatic rings. The number of aromatic nitrogens is 1. The minimum atomic E-state index is 0.584. The van der Waals surface area contributed by atoms with Crippen LogP contribution in [0.1, 0.15) is 38.4 Å². The van der Waals surface area contributed by atoms with Crippen molar-refractivity contribution >= 4 is 11.3 Å². The molecule has 1 N–H and O–H groups in total. The zero-order valence-corrected chi connectivity index (χ0v) is 12.1. The molecule has 0 fully saturated rings. The Labute approximate surface area is 109 Å². The molecule has 0 aliphatic heterocycles. The summed E-state index contributed by atoms with van der Waals surface area (Å²) in [5.41, 5.74) is 1.05. The average molecular weight is 256 g/mol. The number of hydrogen-bond donors (Lipinski definition) is 1. The summed E-state index contributed by atoms with van der Waals surface area (Å²) in [6.07, 6.45) is 0. The van der Waals surface area contributed by atoms with E-state index in [4.69, 9.17) is 4.74 Å². The molecule has 1 aromatic heterocycles. The van der Waals surface area contributed by atoms with Crippen molar-refractivity contribution < 1.29 is 4.74 Å². The highest BCUT2D eigenvalue weighted by Gasteiger charge is 2.03. The van der Waals surface area contributed by atoms with Gasteiger partial charge in [-0.05, 0) is 18.4 Å². The molecule has 0 radical (unpaired) electrons. The number of nitrogens with one attached hydrogen (secondary N) is 1. The van der Waals surface area contributed by atoms with Gasteiger partial charge in [-0.2, -0.15) is 0 Å². The summed E-state index contributed by atoms with van der Waals surface area (Å²) < 4.78 is 5.56. The van der Waals surface area contributed by atoms with Crippen LogP contribution in [-0.4, -0.2) is 18.1 Å². The van der Waals surface area contributed by atoms with Gasteiger partial charge in [0.15, 0.2) is 0 Å². The zero-order chi connectivity index (χ0) is 12.7. The Morgan fingerprint density at radius 1 is 1.29 bits per heavy atom. The third-order valence-electron chi connectivity index (χ3n) is 2.13. The van der Waals surface area contributed by atoms with Gasteiger partial charge in [-0.3, -0.25) is 0 Å². The molecular formula is C13H24N2OS. The van der Waals surface area contributed by atoms with E-state index in [-0.39, 0.29) is 0 Å². The van der Waals surface area contributed by atoms with E-state index in [1.54, 1.807) is 11.3 Å². The number of hydrogen-bond acceptors (Lipinski definition) is 4. The van der Waals surface area contributed by atoms with Crippen LogP contribution in [0.2, 0.25) is 0 Å². The molecule has 0 amide bonds. The van der Waals surface area contributed by atoms with Gasteiger partial charge in [-0.1, -0.05) is 27.7 Å². The molecule has 17 heavy (non-hydrogen) atoms. The van der Waals surface area contributed by atoms with E-state index < -0.39 is 0 Å². The van der Waals surface area contributed by atoms with E-state index in [0.29, 0.717) is 18.4 Å². The average Bonchev–Trinajstić information content (AvgIpc) is 2.65. The first-order chi connectivity index (χ1) is 8.08. The van der Waals surface area contributed by atoms with Crippen molar-refractivity contribution in [3.63, 3.8) is 0 Å². The Kier molecular flexibility index (Phi) is 6.70. The Bertz CT molecular complexity index is 282. The molecule has 4 heteroatoms. The molecule has 3 nitrogen and oxygen atoms in total. The van der Waals surface area contributed by atoms with Crippen molar-refractivity contribution in [1.82, 2.24) is 10.3 Å². The largest absolute Gasteiger partial charge is 0.375 e. The molecule has 98 valence electrons. The monoisotopic (exact) mass is 256 g/mol. The minimum Gasteiger partial charge on any atom is -0.375 e. The van der Waals surface area contributed by atoms with Gasteiger partial charge >= 0.3 is 0 Å². The van der Waals surface area contributed by atoms with E-state index in [9.17, 15) is 0 Å². The minimum absolute atomic E-state index is 0.584. The second-order valence-electron chi connectivity index (χ2n) is 5.17. The fourth-order valence-electron chi connectivity index (χ4n) is 1.36. The van der Waals surface area contributed by atoms with Crippen LogP contribution in [-0.2, 0) is 17.9 Å². The lowest BCUT2D eigenvalue weighted by Crippen LogP contribution is -2.18. The smallest absolute Gasteiger partial charge is 0.107 e. The molecule has 0 saturated carbocycles. The SMILES string of the molecule is CC(C)CNCc1nc(COCC(C)C)cs1. The highest BCUT2D eigenvalue weighted by molar-refractivity contribution is 7.09. The predicted molar refractivity (Wildman–Crippen MR) is 73.2 cm³/mol. The first-order valence-electron chi connectivity index (χ1n) is 6.29. The van der Waals surface area contributed by atoms with Gasteiger partial charge in [0.1, 0.15) is 5.01 Å². The highest BCUT2D eigenvalue weighted by atomic mass is 32.1.